The molecule has 0 aromatic heterocycles. The summed E-state index contributed by atoms with van der Waals surface area (Å²) in [5, 5.41) is 0. The van der Waals surface area contributed by atoms with Crippen molar-refractivity contribution in [2.24, 2.45) is 5.92 Å². The zero-order valence-corrected chi connectivity index (χ0v) is 48.7. The average molecular weight is 1000 g/mol. The van der Waals surface area contributed by atoms with Gasteiger partial charge in [-0.25, -0.2) is 0 Å². The van der Waals surface area contributed by atoms with Gasteiger partial charge in [0.1, 0.15) is 13.2 Å². The van der Waals surface area contributed by atoms with E-state index in [1.165, 1.54) is 270 Å². The average Bonchev–Trinajstić information content (AvgIpc) is 3.36. The van der Waals surface area contributed by atoms with Crippen molar-refractivity contribution < 1.29 is 28.6 Å². The molecule has 6 nitrogen and oxygen atoms in total. The molecule has 0 amide bonds. The molecule has 0 bridgehead atoms. The Bertz CT molecular complexity index is 1070. The molecule has 0 aliphatic heterocycles. The second-order valence-electron chi connectivity index (χ2n) is 22.9. The Hall–Kier alpha value is -1.59. The fraction of sp³-hybridized carbons (Fsp3) is 0.954. The summed E-state index contributed by atoms with van der Waals surface area (Å²) in [5.74, 6) is 0.0324. The summed E-state index contributed by atoms with van der Waals surface area (Å²) in [6.07, 6.45) is 66.8. The number of hydrogen-bond donors (Lipinski definition) is 0. The molecule has 0 unspecified atom stereocenters. The summed E-state index contributed by atoms with van der Waals surface area (Å²) >= 11 is 0. The quantitative estimate of drug-likeness (QED) is 0.0343. The Morgan fingerprint density at radius 2 is 0.465 bits per heavy atom. The predicted octanol–water partition coefficient (Wildman–Crippen LogP) is 21.7. The van der Waals surface area contributed by atoms with Gasteiger partial charge in [0.15, 0.2) is 6.10 Å². The van der Waals surface area contributed by atoms with Crippen LogP contribution in [0.2, 0.25) is 0 Å². The molecule has 0 aliphatic rings. The lowest BCUT2D eigenvalue weighted by molar-refractivity contribution is -0.167. The zero-order valence-electron chi connectivity index (χ0n) is 48.7. The molecular formula is C65H126O6. The lowest BCUT2D eigenvalue weighted by Gasteiger charge is -2.18. The molecule has 0 saturated heterocycles. The van der Waals surface area contributed by atoms with E-state index in [-0.39, 0.29) is 31.1 Å². The molecule has 0 aliphatic carbocycles. The van der Waals surface area contributed by atoms with Crippen LogP contribution in [0, 0.1) is 5.92 Å². The number of rotatable bonds is 60. The van der Waals surface area contributed by atoms with Crippen LogP contribution in [0.5, 0.6) is 0 Å². The minimum Gasteiger partial charge on any atom is -0.462 e. The summed E-state index contributed by atoms with van der Waals surface area (Å²) in [6, 6.07) is 0. The van der Waals surface area contributed by atoms with Gasteiger partial charge in [0.05, 0.1) is 0 Å². The van der Waals surface area contributed by atoms with Gasteiger partial charge >= 0.3 is 17.9 Å². The lowest BCUT2D eigenvalue weighted by Crippen LogP contribution is -2.30. The van der Waals surface area contributed by atoms with Gasteiger partial charge in [0.2, 0.25) is 0 Å². The second kappa shape index (κ2) is 59.3. The van der Waals surface area contributed by atoms with Crippen molar-refractivity contribution in [1.29, 1.82) is 0 Å². The summed E-state index contributed by atoms with van der Waals surface area (Å²) in [6.45, 7) is 9.10. The summed E-state index contributed by atoms with van der Waals surface area (Å²) in [5.41, 5.74) is 0. The summed E-state index contributed by atoms with van der Waals surface area (Å²) < 4.78 is 17.0. The monoisotopic (exact) mass is 1000 g/mol. The van der Waals surface area contributed by atoms with Crippen molar-refractivity contribution >= 4 is 17.9 Å². The van der Waals surface area contributed by atoms with Crippen LogP contribution in [0.1, 0.15) is 374 Å². The van der Waals surface area contributed by atoms with Crippen molar-refractivity contribution in [1.82, 2.24) is 0 Å². The van der Waals surface area contributed by atoms with Crippen LogP contribution in [0.15, 0.2) is 0 Å². The molecule has 0 N–H and O–H groups in total. The normalized spacial score (nSPS) is 12.0. The number of unbranched alkanes of at least 4 members (excludes halogenated alkanes) is 47. The molecule has 0 rings (SSSR count). The standard InChI is InChI=1S/C65H126O6/c1-5-7-9-11-13-15-17-19-21-24-29-33-37-41-45-49-53-57-64(67)70-60-62(59-69-63(66)56-52-48-44-40-36-32-27-20-18-16-14-12-10-8-6-2)71-65(68)58-54-50-46-42-38-34-30-26-23-22-25-28-31-35-39-43-47-51-55-61(3)4/h61-62H,5-60H2,1-4H3/t62-/m1/s1. The van der Waals surface area contributed by atoms with Gasteiger partial charge in [0.25, 0.3) is 0 Å². The third-order valence-corrected chi connectivity index (χ3v) is 15.0. The van der Waals surface area contributed by atoms with E-state index in [9.17, 15) is 14.4 Å². The highest BCUT2D eigenvalue weighted by Gasteiger charge is 2.19. The fourth-order valence-corrected chi connectivity index (χ4v) is 10.2. The molecular weight excluding hydrogens is 877 g/mol. The smallest absolute Gasteiger partial charge is 0.306 e. The Morgan fingerprint density at radius 1 is 0.268 bits per heavy atom. The van der Waals surface area contributed by atoms with Crippen LogP contribution in [-0.4, -0.2) is 37.2 Å². The third-order valence-electron chi connectivity index (χ3n) is 15.0. The van der Waals surface area contributed by atoms with Crippen LogP contribution < -0.4 is 0 Å². The second-order valence-corrected chi connectivity index (χ2v) is 22.9. The first-order valence-electron chi connectivity index (χ1n) is 32.4. The van der Waals surface area contributed by atoms with Gasteiger partial charge in [-0.15, -0.1) is 0 Å². The Balaban J connectivity index is 4.27. The summed E-state index contributed by atoms with van der Waals surface area (Å²) in [4.78, 5) is 38.3. The van der Waals surface area contributed by atoms with E-state index in [4.69, 9.17) is 14.2 Å². The number of esters is 3. The van der Waals surface area contributed by atoms with Crippen molar-refractivity contribution in [2.45, 2.75) is 381 Å². The maximum atomic E-state index is 12.9. The molecule has 71 heavy (non-hydrogen) atoms. The molecule has 0 aromatic carbocycles. The van der Waals surface area contributed by atoms with Crippen LogP contribution in [-0.2, 0) is 28.6 Å². The van der Waals surface area contributed by atoms with Crippen LogP contribution in [0.25, 0.3) is 0 Å². The first-order chi connectivity index (χ1) is 34.9. The van der Waals surface area contributed by atoms with Gasteiger partial charge in [0, 0.05) is 19.3 Å². The Labute approximate surface area is 444 Å². The first kappa shape index (κ1) is 69.4. The largest absolute Gasteiger partial charge is 0.462 e. The van der Waals surface area contributed by atoms with E-state index in [1.807, 2.05) is 0 Å². The van der Waals surface area contributed by atoms with Gasteiger partial charge in [-0.3, -0.25) is 14.4 Å². The van der Waals surface area contributed by atoms with E-state index >= 15 is 0 Å². The van der Waals surface area contributed by atoms with Crippen LogP contribution >= 0.6 is 0 Å². The van der Waals surface area contributed by atoms with Crippen molar-refractivity contribution in [3.05, 3.63) is 0 Å². The molecule has 0 spiro atoms. The van der Waals surface area contributed by atoms with E-state index in [0.717, 1.165) is 63.7 Å². The molecule has 0 fully saturated rings. The summed E-state index contributed by atoms with van der Waals surface area (Å²) in [7, 11) is 0. The fourth-order valence-electron chi connectivity index (χ4n) is 10.2. The van der Waals surface area contributed by atoms with Crippen molar-refractivity contribution in [2.75, 3.05) is 13.2 Å². The highest BCUT2D eigenvalue weighted by Crippen LogP contribution is 2.19. The maximum absolute atomic E-state index is 12.9. The number of carbonyl (C=O) groups is 3. The SMILES string of the molecule is CCCCCCCCCCCCCCCCCCCC(=O)OC[C@@H](COC(=O)CCCCCCCCCCCCCCCCC)OC(=O)CCCCCCCCCCCCCCCCCCCCC(C)C. The highest BCUT2D eigenvalue weighted by molar-refractivity contribution is 5.71. The molecule has 6 heteroatoms. The van der Waals surface area contributed by atoms with Crippen LogP contribution in [0.3, 0.4) is 0 Å². The van der Waals surface area contributed by atoms with Crippen molar-refractivity contribution in [3.63, 3.8) is 0 Å². The lowest BCUT2D eigenvalue weighted by atomic mass is 10.0. The first-order valence-corrected chi connectivity index (χ1v) is 32.4. The van der Waals surface area contributed by atoms with Gasteiger partial charge in [-0.05, 0) is 25.2 Å². The maximum Gasteiger partial charge on any atom is 0.306 e. The van der Waals surface area contributed by atoms with E-state index in [1.54, 1.807) is 0 Å². The van der Waals surface area contributed by atoms with E-state index in [2.05, 4.69) is 27.7 Å². The minimum absolute atomic E-state index is 0.0610. The van der Waals surface area contributed by atoms with Crippen molar-refractivity contribution in [3.8, 4) is 0 Å². The molecule has 1 atom stereocenters. The minimum atomic E-state index is -0.763. The zero-order chi connectivity index (χ0) is 51.6. The molecule has 0 radical (unpaired) electrons. The molecule has 0 heterocycles. The molecule has 422 valence electrons. The predicted molar refractivity (Wildman–Crippen MR) is 307 cm³/mol. The Morgan fingerprint density at radius 3 is 0.690 bits per heavy atom. The number of ether oxygens (including phenoxy) is 3. The molecule has 0 saturated carbocycles. The van der Waals surface area contributed by atoms with Gasteiger partial charge in [-0.1, -0.05) is 336 Å². The third kappa shape index (κ3) is 59.2. The number of hydrogen-bond acceptors (Lipinski definition) is 6. The highest BCUT2D eigenvalue weighted by atomic mass is 16.6. The molecule has 0 aromatic rings. The van der Waals surface area contributed by atoms with E-state index in [0.29, 0.717) is 19.3 Å². The topological polar surface area (TPSA) is 78.9 Å². The number of carbonyl (C=O) groups excluding carboxylic acids is 3. The van der Waals surface area contributed by atoms with E-state index < -0.39 is 6.10 Å². The Kier molecular flexibility index (Phi) is 58.0. The van der Waals surface area contributed by atoms with Gasteiger partial charge in [-0.2, -0.15) is 0 Å². The van der Waals surface area contributed by atoms with Gasteiger partial charge < -0.3 is 14.2 Å². The van der Waals surface area contributed by atoms with Crippen LogP contribution in [0.4, 0.5) is 0 Å².